The summed E-state index contributed by atoms with van der Waals surface area (Å²) in [6, 6.07) is 3.76. The van der Waals surface area contributed by atoms with Crippen LogP contribution >= 0.6 is 0 Å². The predicted molar refractivity (Wildman–Crippen MR) is 148 cm³/mol. The maximum Gasteiger partial charge on any atom is 0.242 e. The van der Waals surface area contributed by atoms with Crippen LogP contribution in [0.25, 0.3) is 0 Å². The van der Waals surface area contributed by atoms with Crippen LogP contribution in [0.2, 0.25) is 0 Å². The number of phenols is 1. The third-order valence-corrected chi connectivity index (χ3v) is 10.4. The molecular formula is C31H45N3O5. The van der Waals surface area contributed by atoms with E-state index in [4.69, 9.17) is 9.47 Å². The molecule has 2 bridgehead atoms. The first kappa shape index (κ1) is 26.9. The highest BCUT2D eigenvalue weighted by Crippen LogP contribution is 2.66. The van der Waals surface area contributed by atoms with Crippen LogP contribution < -0.4 is 15.4 Å². The minimum Gasteiger partial charge on any atom is -0.504 e. The van der Waals surface area contributed by atoms with E-state index in [-0.39, 0.29) is 46.5 Å². The Hall–Kier alpha value is -2.32. The molecule has 2 aliphatic heterocycles. The zero-order valence-corrected chi connectivity index (χ0v) is 24.1. The number of nitrogens with zero attached hydrogens (tertiary/aromatic N) is 1. The lowest BCUT2D eigenvalue weighted by molar-refractivity contribution is -0.172. The first-order valence-corrected chi connectivity index (χ1v) is 14.9. The number of aromatic hydroxyl groups is 1. The number of hydrogen-bond donors (Lipinski definition) is 3. The fraction of sp³-hybridized carbons (Fsp3) is 0.742. The number of nitrogens with one attached hydrogen (secondary N) is 2. The molecule has 3 aliphatic carbocycles. The van der Waals surface area contributed by atoms with Crippen molar-refractivity contribution in [3.05, 3.63) is 23.3 Å². The second-order valence-electron chi connectivity index (χ2n) is 13.7. The molecule has 5 aliphatic rings. The minimum absolute atomic E-state index is 0.148. The first-order valence-electron chi connectivity index (χ1n) is 14.9. The third kappa shape index (κ3) is 4.33. The number of piperidine rings is 1. The zero-order valence-electron chi connectivity index (χ0n) is 24.1. The van der Waals surface area contributed by atoms with E-state index in [2.05, 4.69) is 42.4 Å². The number of carbonyl (C=O) groups excluding carboxylic acids is 2. The fourth-order valence-corrected chi connectivity index (χ4v) is 8.66. The molecule has 0 aromatic heterocycles. The van der Waals surface area contributed by atoms with E-state index in [9.17, 15) is 14.7 Å². The Morgan fingerprint density at radius 3 is 2.72 bits per heavy atom. The SMILES string of the molecule is COC1[C@@H]2Oc3c(O)ccc4c3[C@@]23CCN(CC2CC2)[C@H](C4)C3C[C@@]1(C)CNC(=O)[C@H](CC(C)C)NC(C)=O. The van der Waals surface area contributed by atoms with Crippen LogP contribution in [0.3, 0.4) is 0 Å². The van der Waals surface area contributed by atoms with Crippen molar-refractivity contribution < 1.29 is 24.2 Å². The molecular weight excluding hydrogens is 494 g/mol. The lowest BCUT2D eigenvalue weighted by atomic mass is 9.47. The summed E-state index contributed by atoms with van der Waals surface area (Å²) in [5, 5.41) is 16.9. The number of likely N-dealkylation sites (tertiary alicyclic amines) is 1. The zero-order chi connectivity index (χ0) is 27.7. The van der Waals surface area contributed by atoms with Gasteiger partial charge in [-0.2, -0.15) is 0 Å². The minimum atomic E-state index is -0.559. The Bertz CT molecular complexity index is 1150. The summed E-state index contributed by atoms with van der Waals surface area (Å²) in [6.07, 6.45) is 5.64. The summed E-state index contributed by atoms with van der Waals surface area (Å²) in [5.41, 5.74) is 1.96. The van der Waals surface area contributed by atoms with Gasteiger partial charge in [0.25, 0.3) is 0 Å². The van der Waals surface area contributed by atoms with Gasteiger partial charge in [0.1, 0.15) is 18.2 Å². The van der Waals surface area contributed by atoms with E-state index in [0.717, 1.165) is 38.3 Å². The number of amides is 2. The highest BCUT2D eigenvalue weighted by molar-refractivity contribution is 5.86. The van der Waals surface area contributed by atoms with Crippen LogP contribution in [0.1, 0.15) is 70.9 Å². The second-order valence-corrected chi connectivity index (χ2v) is 13.7. The van der Waals surface area contributed by atoms with Crippen molar-refractivity contribution in [3.63, 3.8) is 0 Å². The van der Waals surface area contributed by atoms with Crippen molar-refractivity contribution >= 4 is 11.8 Å². The van der Waals surface area contributed by atoms with Crippen molar-refractivity contribution in [1.82, 2.24) is 15.5 Å². The number of benzene rings is 1. The van der Waals surface area contributed by atoms with Crippen LogP contribution in [0.4, 0.5) is 0 Å². The second kappa shape index (κ2) is 9.65. The Balaban J connectivity index is 1.33. The van der Waals surface area contributed by atoms with Gasteiger partial charge in [-0.25, -0.2) is 0 Å². The van der Waals surface area contributed by atoms with Crippen molar-refractivity contribution in [2.75, 3.05) is 26.7 Å². The van der Waals surface area contributed by atoms with E-state index in [1.165, 1.54) is 30.9 Å². The number of rotatable bonds is 9. The summed E-state index contributed by atoms with van der Waals surface area (Å²) in [6.45, 7) is 10.4. The van der Waals surface area contributed by atoms with Gasteiger partial charge in [-0.15, -0.1) is 0 Å². The summed E-state index contributed by atoms with van der Waals surface area (Å²) >= 11 is 0. The third-order valence-electron chi connectivity index (χ3n) is 10.4. The first-order chi connectivity index (χ1) is 18.6. The molecule has 39 heavy (non-hydrogen) atoms. The number of methoxy groups -OCH3 is 1. The van der Waals surface area contributed by atoms with Crippen LogP contribution in [-0.4, -0.2) is 72.9 Å². The van der Waals surface area contributed by atoms with Crippen LogP contribution in [-0.2, 0) is 26.2 Å². The maximum atomic E-state index is 13.3. The molecule has 2 heterocycles. The lowest BCUT2D eigenvalue weighted by Gasteiger charge is -2.63. The van der Waals surface area contributed by atoms with Gasteiger partial charge in [-0.3, -0.25) is 14.5 Å². The molecule has 3 fully saturated rings. The molecule has 1 saturated heterocycles. The van der Waals surface area contributed by atoms with E-state index in [1.807, 2.05) is 0 Å². The highest BCUT2D eigenvalue weighted by atomic mass is 16.5. The summed E-state index contributed by atoms with van der Waals surface area (Å²) < 4.78 is 13.0. The molecule has 214 valence electrons. The van der Waals surface area contributed by atoms with Gasteiger partial charge in [0, 0.05) is 49.6 Å². The molecule has 2 amide bonds. The fourth-order valence-electron chi connectivity index (χ4n) is 8.66. The van der Waals surface area contributed by atoms with Gasteiger partial charge in [-0.1, -0.05) is 26.8 Å². The van der Waals surface area contributed by atoms with Gasteiger partial charge < -0.3 is 25.2 Å². The average molecular weight is 540 g/mol. The van der Waals surface area contributed by atoms with Crippen molar-refractivity contribution in [1.29, 1.82) is 0 Å². The Labute approximate surface area is 232 Å². The molecule has 3 N–H and O–H groups in total. The number of carbonyl (C=O) groups is 2. The molecule has 2 unspecified atom stereocenters. The maximum absolute atomic E-state index is 13.3. The van der Waals surface area contributed by atoms with Crippen molar-refractivity contribution in [2.24, 2.45) is 23.2 Å². The smallest absolute Gasteiger partial charge is 0.242 e. The lowest BCUT2D eigenvalue weighted by Crippen LogP contribution is -2.72. The van der Waals surface area contributed by atoms with Crippen LogP contribution in [0.15, 0.2) is 12.1 Å². The van der Waals surface area contributed by atoms with Gasteiger partial charge >= 0.3 is 0 Å². The molecule has 0 radical (unpaired) electrons. The predicted octanol–water partition coefficient (Wildman–Crippen LogP) is 3.14. The normalized spacial score (nSPS) is 35.2. The summed E-state index contributed by atoms with van der Waals surface area (Å²) in [7, 11) is 1.75. The Morgan fingerprint density at radius 1 is 1.28 bits per heavy atom. The standard InChI is InChI=1S/C31H45N3O5/c1-17(2)12-22(33-18(3)35)29(37)32-16-30(4)14-21-23-13-20-8-9-24(36)26-25(20)31(21,28(39-26)27(30)38-5)10-11-34(23)15-19-6-7-19/h8-9,17,19,21-23,27-28,36H,6-7,10-16H2,1-5H3,(H,32,37)(H,33,35)/t21?,22-,23+,27?,28-,30-,31-/m0/s1. The number of phenolic OH excluding ortho intramolecular Hbond substituents is 1. The van der Waals surface area contributed by atoms with Crippen molar-refractivity contribution in [2.45, 2.75) is 95.9 Å². The average Bonchev–Trinajstić information content (AvgIpc) is 3.62. The van der Waals surface area contributed by atoms with E-state index in [0.29, 0.717) is 30.7 Å². The Kier molecular flexibility index (Phi) is 6.65. The summed E-state index contributed by atoms with van der Waals surface area (Å²) in [5.74, 6) is 1.96. The summed E-state index contributed by atoms with van der Waals surface area (Å²) in [4.78, 5) is 27.9. The van der Waals surface area contributed by atoms with E-state index < -0.39 is 6.04 Å². The molecule has 8 heteroatoms. The number of hydrogen-bond acceptors (Lipinski definition) is 6. The molecule has 7 atom stereocenters. The Morgan fingerprint density at radius 2 is 2.05 bits per heavy atom. The number of ether oxygens (including phenoxy) is 2. The molecule has 1 spiro atoms. The van der Waals surface area contributed by atoms with E-state index >= 15 is 0 Å². The van der Waals surface area contributed by atoms with Crippen LogP contribution in [0, 0.1) is 23.2 Å². The quantitative estimate of drug-likeness (QED) is 0.446. The molecule has 1 aromatic carbocycles. The van der Waals surface area contributed by atoms with Crippen molar-refractivity contribution in [3.8, 4) is 11.5 Å². The van der Waals surface area contributed by atoms with Gasteiger partial charge in [0.15, 0.2) is 11.5 Å². The molecule has 2 saturated carbocycles. The molecule has 8 nitrogen and oxygen atoms in total. The topological polar surface area (TPSA) is 100 Å². The molecule has 6 rings (SSSR count). The largest absolute Gasteiger partial charge is 0.504 e. The van der Waals surface area contributed by atoms with Crippen LogP contribution in [0.5, 0.6) is 11.5 Å². The molecule has 1 aromatic rings. The van der Waals surface area contributed by atoms with Gasteiger partial charge in [-0.05, 0) is 74.5 Å². The highest BCUT2D eigenvalue weighted by Gasteiger charge is 2.70. The van der Waals surface area contributed by atoms with E-state index in [1.54, 1.807) is 13.2 Å². The van der Waals surface area contributed by atoms with Gasteiger partial charge in [0.2, 0.25) is 11.8 Å². The monoisotopic (exact) mass is 539 g/mol. The van der Waals surface area contributed by atoms with Gasteiger partial charge in [0.05, 0.1) is 0 Å².